The van der Waals surface area contributed by atoms with Crippen molar-refractivity contribution < 1.29 is 5.11 Å². The van der Waals surface area contributed by atoms with Crippen LogP contribution in [0.3, 0.4) is 0 Å². The smallest absolute Gasteiger partial charge is 0.224 e. The SMILES string of the molecule is C[C@H]1CC[C@@H](Nc2nc(NCCc3ccc(O)cc3)ncc2C#N)CC1(C)C. The molecule has 2 aromatic rings. The van der Waals surface area contributed by atoms with E-state index in [2.05, 4.69) is 47.4 Å². The highest BCUT2D eigenvalue weighted by Gasteiger charge is 2.34. The van der Waals surface area contributed by atoms with E-state index >= 15 is 0 Å². The number of hydrogen-bond donors (Lipinski definition) is 3. The third kappa shape index (κ3) is 4.92. The molecule has 1 aromatic heterocycles. The van der Waals surface area contributed by atoms with E-state index in [1.165, 1.54) is 6.42 Å². The van der Waals surface area contributed by atoms with Crippen LogP contribution >= 0.6 is 0 Å². The summed E-state index contributed by atoms with van der Waals surface area (Å²) in [5.41, 5.74) is 1.87. The molecular weight excluding hydrogens is 350 g/mol. The fourth-order valence-corrected chi connectivity index (χ4v) is 3.74. The van der Waals surface area contributed by atoms with E-state index in [1.54, 1.807) is 18.3 Å². The van der Waals surface area contributed by atoms with E-state index in [1.807, 2.05) is 12.1 Å². The third-order valence-corrected chi connectivity index (χ3v) is 5.94. The van der Waals surface area contributed by atoms with Gasteiger partial charge in [0.2, 0.25) is 5.95 Å². The molecule has 3 rings (SSSR count). The first-order valence-electron chi connectivity index (χ1n) is 9.93. The molecule has 0 radical (unpaired) electrons. The predicted molar refractivity (Wildman–Crippen MR) is 111 cm³/mol. The predicted octanol–water partition coefficient (Wildman–Crippen LogP) is 4.34. The highest BCUT2D eigenvalue weighted by molar-refractivity contribution is 5.54. The number of aromatic nitrogens is 2. The Labute approximate surface area is 167 Å². The molecule has 0 amide bonds. The molecule has 3 N–H and O–H groups in total. The molecular formula is C22H29N5O. The summed E-state index contributed by atoms with van der Waals surface area (Å²) in [7, 11) is 0. The van der Waals surface area contributed by atoms with Gasteiger partial charge in [-0.2, -0.15) is 10.2 Å². The van der Waals surface area contributed by atoms with Crippen molar-refractivity contribution in [2.45, 2.75) is 52.5 Å². The molecule has 6 heteroatoms. The largest absolute Gasteiger partial charge is 0.508 e. The molecule has 1 aromatic carbocycles. The molecule has 1 saturated carbocycles. The quantitative estimate of drug-likeness (QED) is 0.691. The summed E-state index contributed by atoms with van der Waals surface area (Å²) in [4.78, 5) is 8.82. The van der Waals surface area contributed by atoms with Crippen LogP contribution in [0.5, 0.6) is 5.75 Å². The van der Waals surface area contributed by atoms with Crippen molar-refractivity contribution in [3.05, 3.63) is 41.6 Å². The summed E-state index contributed by atoms with van der Waals surface area (Å²) in [6.07, 6.45) is 5.70. The van der Waals surface area contributed by atoms with Crippen LogP contribution in [-0.4, -0.2) is 27.7 Å². The molecule has 1 aliphatic carbocycles. The van der Waals surface area contributed by atoms with Gasteiger partial charge in [-0.15, -0.1) is 0 Å². The number of rotatable bonds is 6. The van der Waals surface area contributed by atoms with Crippen molar-refractivity contribution in [1.29, 1.82) is 5.26 Å². The number of benzene rings is 1. The minimum atomic E-state index is 0.267. The van der Waals surface area contributed by atoms with Gasteiger partial charge in [0.1, 0.15) is 23.2 Å². The monoisotopic (exact) mass is 379 g/mol. The van der Waals surface area contributed by atoms with E-state index in [4.69, 9.17) is 0 Å². The number of aromatic hydroxyl groups is 1. The zero-order chi connectivity index (χ0) is 20.1. The molecule has 6 nitrogen and oxygen atoms in total. The summed E-state index contributed by atoms with van der Waals surface area (Å²) >= 11 is 0. The van der Waals surface area contributed by atoms with Crippen LogP contribution in [0.25, 0.3) is 0 Å². The lowest BCUT2D eigenvalue weighted by Gasteiger charge is -2.41. The second-order valence-electron chi connectivity index (χ2n) is 8.42. The lowest BCUT2D eigenvalue weighted by Crippen LogP contribution is -2.37. The summed E-state index contributed by atoms with van der Waals surface area (Å²) in [6.45, 7) is 7.61. The number of phenols is 1. The maximum atomic E-state index is 9.42. The zero-order valence-corrected chi connectivity index (χ0v) is 16.9. The highest BCUT2D eigenvalue weighted by Crippen LogP contribution is 2.41. The van der Waals surface area contributed by atoms with Crippen LogP contribution < -0.4 is 10.6 Å². The minimum Gasteiger partial charge on any atom is -0.508 e. The Bertz CT molecular complexity index is 841. The van der Waals surface area contributed by atoms with Gasteiger partial charge in [-0.3, -0.25) is 0 Å². The maximum Gasteiger partial charge on any atom is 0.224 e. The molecule has 0 unspecified atom stereocenters. The highest BCUT2D eigenvalue weighted by atomic mass is 16.3. The Morgan fingerprint density at radius 1 is 1.25 bits per heavy atom. The zero-order valence-electron chi connectivity index (χ0n) is 16.9. The molecule has 1 heterocycles. The Kier molecular flexibility index (Phi) is 6.03. The van der Waals surface area contributed by atoms with Gasteiger partial charge in [0.05, 0.1) is 6.20 Å². The number of nitrogens with zero attached hydrogens (tertiary/aromatic N) is 3. The fourth-order valence-electron chi connectivity index (χ4n) is 3.74. The van der Waals surface area contributed by atoms with Crippen molar-refractivity contribution in [1.82, 2.24) is 9.97 Å². The topological polar surface area (TPSA) is 93.9 Å². The van der Waals surface area contributed by atoms with Gasteiger partial charge in [0, 0.05) is 12.6 Å². The lowest BCUT2D eigenvalue weighted by atomic mass is 9.68. The summed E-state index contributed by atoms with van der Waals surface area (Å²) in [5.74, 6) is 2.09. The second-order valence-corrected chi connectivity index (χ2v) is 8.42. The molecule has 28 heavy (non-hydrogen) atoms. The molecule has 0 spiro atoms. The van der Waals surface area contributed by atoms with Gasteiger partial charge in [-0.1, -0.05) is 32.9 Å². The number of nitriles is 1. The number of nitrogens with one attached hydrogen (secondary N) is 2. The first kappa shape index (κ1) is 19.9. The van der Waals surface area contributed by atoms with Crippen molar-refractivity contribution >= 4 is 11.8 Å². The number of hydrogen-bond acceptors (Lipinski definition) is 6. The summed E-state index contributed by atoms with van der Waals surface area (Å²) in [6, 6.07) is 9.67. The first-order valence-corrected chi connectivity index (χ1v) is 9.93. The van der Waals surface area contributed by atoms with E-state index in [9.17, 15) is 10.4 Å². The van der Waals surface area contributed by atoms with Gasteiger partial charge in [-0.25, -0.2) is 4.98 Å². The van der Waals surface area contributed by atoms with E-state index < -0.39 is 0 Å². The average molecular weight is 380 g/mol. The van der Waals surface area contributed by atoms with Gasteiger partial charge in [0.25, 0.3) is 0 Å². The van der Waals surface area contributed by atoms with E-state index in [-0.39, 0.29) is 11.2 Å². The Morgan fingerprint density at radius 3 is 2.68 bits per heavy atom. The van der Waals surface area contributed by atoms with Crippen molar-refractivity contribution in [2.24, 2.45) is 11.3 Å². The van der Waals surface area contributed by atoms with E-state index in [0.29, 0.717) is 35.8 Å². The van der Waals surface area contributed by atoms with Crippen molar-refractivity contribution in [3.8, 4) is 11.8 Å². The Hall–Kier alpha value is -2.81. The standard InChI is InChI=1S/C22H29N5O/c1-15-4-7-18(12-22(15,2)3)26-20-17(13-23)14-25-21(27-20)24-11-10-16-5-8-19(28)9-6-16/h5-6,8-9,14-15,18,28H,4,7,10-12H2,1-3H3,(H2,24,25,26,27)/t15-,18+/m0/s1. The van der Waals surface area contributed by atoms with Crippen LogP contribution in [0.4, 0.5) is 11.8 Å². The second kappa shape index (κ2) is 8.47. The van der Waals surface area contributed by atoms with Gasteiger partial charge in [0.15, 0.2) is 0 Å². The molecule has 148 valence electrons. The minimum absolute atomic E-state index is 0.267. The summed E-state index contributed by atoms with van der Waals surface area (Å²) in [5, 5.41) is 25.5. The van der Waals surface area contributed by atoms with Crippen LogP contribution in [0.1, 0.15) is 51.2 Å². The van der Waals surface area contributed by atoms with Gasteiger partial charge in [-0.05, 0) is 54.7 Å². The van der Waals surface area contributed by atoms with Gasteiger partial charge >= 0.3 is 0 Å². The molecule has 0 saturated heterocycles. The Morgan fingerprint density at radius 2 is 2.00 bits per heavy atom. The number of anilines is 2. The normalized spacial score (nSPS) is 20.9. The molecule has 2 atom stereocenters. The van der Waals surface area contributed by atoms with Crippen molar-refractivity contribution in [2.75, 3.05) is 17.2 Å². The first-order chi connectivity index (χ1) is 13.4. The Balaban J connectivity index is 1.63. The molecule has 0 bridgehead atoms. The average Bonchev–Trinajstić information content (AvgIpc) is 2.66. The molecule has 1 aliphatic rings. The molecule has 0 aliphatic heterocycles. The van der Waals surface area contributed by atoms with Crippen molar-refractivity contribution in [3.63, 3.8) is 0 Å². The van der Waals surface area contributed by atoms with Crippen LogP contribution in [0.15, 0.2) is 30.5 Å². The van der Waals surface area contributed by atoms with Gasteiger partial charge < -0.3 is 15.7 Å². The van der Waals surface area contributed by atoms with E-state index in [0.717, 1.165) is 24.8 Å². The number of phenolic OH excluding ortho intramolecular Hbond substituents is 1. The van der Waals surface area contributed by atoms with Crippen LogP contribution in [-0.2, 0) is 6.42 Å². The lowest BCUT2D eigenvalue weighted by molar-refractivity contribution is 0.143. The summed E-state index contributed by atoms with van der Waals surface area (Å²) < 4.78 is 0. The van der Waals surface area contributed by atoms with Crippen LogP contribution in [0.2, 0.25) is 0 Å². The maximum absolute atomic E-state index is 9.42. The third-order valence-electron chi connectivity index (χ3n) is 5.94. The molecule has 1 fully saturated rings. The van der Waals surface area contributed by atoms with Crippen LogP contribution in [0, 0.1) is 22.7 Å². The fraction of sp³-hybridized carbons (Fsp3) is 0.500.